The van der Waals surface area contributed by atoms with Gasteiger partial charge in [0.15, 0.2) is 0 Å². The molecule has 0 saturated heterocycles. The van der Waals surface area contributed by atoms with E-state index in [0.29, 0.717) is 0 Å². The summed E-state index contributed by atoms with van der Waals surface area (Å²) in [6.07, 6.45) is -0.525. The first kappa shape index (κ1) is 10.6. The zero-order chi connectivity index (χ0) is 10.7. The summed E-state index contributed by atoms with van der Waals surface area (Å²) in [7, 11) is 0. The number of aliphatic hydroxyl groups excluding tert-OH is 1. The predicted octanol–water partition coefficient (Wildman–Crippen LogP) is 3.37. The summed E-state index contributed by atoms with van der Waals surface area (Å²) in [5.41, 5.74) is 1.86. The molecule has 1 N–H and O–H groups in total. The highest BCUT2D eigenvalue weighted by molar-refractivity contribution is 14.1. The summed E-state index contributed by atoms with van der Waals surface area (Å²) in [4.78, 5) is 0. The van der Waals surface area contributed by atoms with Crippen molar-refractivity contribution in [3.05, 3.63) is 69.3 Å². The third-order valence-corrected chi connectivity index (χ3v) is 3.02. The molecule has 0 radical (unpaired) electrons. The van der Waals surface area contributed by atoms with Gasteiger partial charge in [-0.1, -0.05) is 42.5 Å². The molecule has 1 unspecified atom stereocenters. The van der Waals surface area contributed by atoms with Crippen molar-refractivity contribution < 1.29 is 5.11 Å². The number of rotatable bonds is 2. The molecule has 0 heterocycles. The van der Waals surface area contributed by atoms with Gasteiger partial charge in [0, 0.05) is 3.57 Å². The highest BCUT2D eigenvalue weighted by Crippen LogP contribution is 2.21. The van der Waals surface area contributed by atoms with Gasteiger partial charge in [-0.2, -0.15) is 0 Å². The quantitative estimate of drug-likeness (QED) is 0.843. The molecule has 0 aliphatic heterocycles. The Labute approximate surface area is 103 Å². The fourth-order valence-corrected chi connectivity index (χ4v) is 1.83. The highest BCUT2D eigenvalue weighted by atomic mass is 127. The van der Waals surface area contributed by atoms with Crippen LogP contribution in [0.15, 0.2) is 54.6 Å². The normalized spacial score (nSPS) is 12.4. The Morgan fingerprint density at radius 1 is 0.800 bits per heavy atom. The SMILES string of the molecule is OC(c1ccccc1)c1ccc(I)cc1. The maximum absolute atomic E-state index is 10.1. The van der Waals surface area contributed by atoms with E-state index in [2.05, 4.69) is 22.6 Å². The van der Waals surface area contributed by atoms with E-state index in [-0.39, 0.29) is 0 Å². The van der Waals surface area contributed by atoms with Gasteiger partial charge in [0.05, 0.1) is 0 Å². The lowest BCUT2D eigenvalue weighted by Crippen LogP contribution is -1.98. The van der Waals surface area contributed by atoms with Gasteiger partial charge >= 0.3 is 0 Å². The summed E-state index contributed by atoms with van der Waals surface area (Å²) in [5.74, 6) is 0. The summed E-state index contributed by atoms with van der Waals surface area (Å²) in [6.45, 7) is 0. The van der Waals surface area contributed by atoms with E-state index in [0.717, 1.165) is 11.1 Å². The second-order valence-electron chi connectivity index (χ2n) is 3.36. The van der Waals surface area contributed by atoms with Crippen molar-refractivity contribution in [1.82, 2.24) is 0 Å². The lowest BCUT2D eigenvalue weighted by atomic mass is 10.0. The molecule has 2 aromatic carbocycles. The first-order chi connectivity index (χ1) is 7.27. The molecule has 2 heteroatoms. The van der Waals surface area contributed by atoms with Gasteiger partial charge in [-0.15, -0.1) is 0 Å². The van der Waals surface area contributed by atoms with Crippen molar-refractivity contribution in [3.8, 4) is 0 Å². The Balaban J connectivity index is 2.29. The van der Waals surface area contributed by atoms with Gasteiger partial charge in [0.2, 0.25) is 0 Å². The van der Waals surface area contributed by atoms with Gasteiger partial charge in [-0.25, -0.2) is 0 Å². The lowest BCUT2D eigenvalue weighted by Gasteiger charge is -2.11. The molecule has 0 aliphatic rings. The molecule has 1 atom stereocenters. The molecule has 2 aromatic rings. The number of hydrogen-bond acceptors (Lipinski definition) is 1. The second kappa shape index (κ2) is 4.77. The average molecular weight is 310 g/mol. The van der Waals surface area contributed by atoms with Crippen LogP contribution in [0.2, 0.25) is 0 Å². The van der Waals surface area contributed by atoms with Crippen LogP contribution in [0.4, 0.5) is 0 Å². The molecule has 0 aromatic heterocycles. The average Bonchev–Trinajstić information content (AvgIpc) is 2.30. The standard InChI is InChI=1S/C13H11IO/c14-12-8-6-11(7-9-12)13(15)10-4-2-1-3-5-10/h1-9,13,15H. The smallest absolute Gasteiger partial charge is 0.104 e. The van der Waals surface area contributed by atoms with Crippen molar-refractivity contribution in [2.75, 3.05) is 0 Å². The van der Waals surface area contributed by atoms with Crippen molar-refractivity contribution >= 4 is 22.6 Å². The maximum Gasteiger partial charge on any atom is 0.104 e. The minimum atomic E-state index is -0.525. The minimum absolute atomic E-state index is 0.525. The van der Waals surface area contributed by atoms with Crippen molar-refractivity contribution in [2.24, 2.45) is 0 Å². The molecule has 0 saturated carbocycles. The first-order valence-electron chi connectivity index (χ1n) is 4.76. The van der Waals surface area contributed by atoms with E-state index in [1.807, 2.05) is 54.6 Å². The summed E-state index contributed by atoms with van der Waals surface area (Å²) in [5, 5.41) is 10.1. The van der Waals surface area contributed by atoms with Crippen molar-refractivity contribution in [3.63, 3.8) is 0 Å². The molecule has 76 valence electrons. The number of benzene rings is 2. The van der Waals surface area contributed by atoms with Gasteiger partial charge in [-0.05, 0) is 45.9 Å². The zero-order valence-corrected chi connectivity index (χ0v) is 10.3. The largest absolute Gasteiger partial charge is 0.384 e. The number of hydrogen-bond donors (Lipinski definition) is 1. The minimum Gasteiger partial charge on any atom is -0.384 e. The Morgan fingerprint density at radius 3 is 1.93 bits per heavy atom. The highest BCUT2D eigenvalue weighted by Gasteiger charge is 2.08. The van der Waals surface area contributed by atoms with Gasteiger partial charge in [0.1, 0.15) is 6.10 Å². The third kappa shape index (κ3) is 2.58. The molecule has 0 bridgehead atoms. The molecule has 0 aliphatic carbocycles. The fraction of sp³-hybridized carbons (Fsp3) is 0.0769. The number of halogens is 1. The van der Waals surface area contributed by atoms with Gasteiger partial charge in [0.25, 0.3) is 0 Å². The Hall–Kier alpha value is -0.870. The Morgan fingerprint density at radius 2 is 1.33 bits per heavy atom. The van der Waals surface area contributed by atoms with E-state index in [9.17, 15) is 5.11 Å². The van der Waals surface area contributed by atoms with E-state index in [4.69, 9.17) is 0 Å². The summed E-state index contributed by atoms with van der Waals surface area (Å²) < 4.78 is 1.18. The van der Waals surface area contributed by atoms with Gasteiger partial charge < -0.3 is 5.11 Å². The maximum atomic E-state index is 10.1. The predicted molar refractivity (Wildman–Crippen MR) is 69.7 cm³/mol. The zero-order valence-electron chi connectivity index (χ0n) is 8.10. The monoisotopic (exact) mass is 310 g/mol. The van der Waals surface area contributed by atoms with Gasteiger partial charge in [-0.3, -0.25) is 0 Å². The van der Waals surface area contributed by atoms with Crippen molar-refractivity contribution in [2.45, 2.75) is 6.10 Å². The molecule has 0 spiro atoms. The van der Waals surface area contributed by atoms with E-state index < -0.39 is 6.10 Å². The topological polar surface area (TPSA) is 20.2 Å². The second-order valence-corrected chi connectivity index (χ2v) is 4.61. The molecule has 15 heavy (non-hydrogen) atoms. The van der Waals surface area contributed by atoms with E-state index >= 15 is 0 Å². The third-order valence-electron chi connectivity index (χ3n) is 2.30. The van der Waals surface area contributed by atoms with Crippen LogP contribution in [0, 0.1) is 3.57 Å². The van der Waals surface area contributed by atoms with Crippen LogP contribution in [0.1, 0.15) is 17.2 Å². The molecule has 2 rings (SSSR count). The Bertz CT molecular complexity index is 422. The van der Waals surface area contributed by atoms with Crippen LogP contribution in [0.5, 0.6) is 0 Å². The van der Waals surface area contributed by atoms with Crippen molar-refractivity contribution in [1.29, 1.82) is 0 Å². The fourth-order valence-electron chi connectivity index (χ4n) is 1.47. The summed E-state index contributed by atoms with van der Waals surface area (Å²) >= 11 is 2.25. The Kier molecular flexibility index (Phi) is 3.38. The molecular formula is C13H11IO. The molecular weight excluding hydrogens is 299 g/mol. The molecule has 1 nitrogen and oxygen atoms in total. The van der Waals surface area contributed by atoms with Crippen LogP contribution < -0.4 is 0 Å². The van der Waals surface area contributed by atoms with Crippen LogP contribution in [-0.2, 0) is 0 Å². The summed E-state index contributed by atoms with van der Waals surface area (Å²) in [6, 6.07) is 17.6. The van der Waals surface area contributed by atoms with E-state index in [1.54, 1.807) is 0 Å². The van der Waals surface area contributed by atoms with Crippen LogP contribution in [0.25, 0.3) is 0 Å². The first-order valence-corrected chi connectivity index (χ1v) is 5.84. The molecule has 0 amide bonds. The molecule has 0 fully saturated rings. The number of aliphatic hydroxyl groups is 1. The van der Waals surface area contributed by atoms with E-state index in [1.165, 1.54) is 3.57 Å². The van der Waals surface area contributed by atoms with Crippen LogP contribution in [0.3, 0.4) is 0 Å². The van der Waals surface area contributed by atoms with Crippen LogP contribution >= 0.6 is 22.6 Å². The lowest BCUT2D eigenvalue weighted by molar-refractivity contribution is 0.220. The van der Waals surface area contributed by atoms with Crippen LogP contribution in [-0.4, -0.2) is 5.11 Å².